The number of benzene rings is 1. The van der Waals surface area contributed by atoms with E-state index in [2.05, 4.69) is 10.5 Å². The predicted molar refractivity (Wildman–Crippen MR) is 60.3 cm³/mol. The first-order chi connectivity index (χ1) is 7.83. The monoisotopic (exact) mass is 222 g/mol. The van der Waals surface area contributed by atoms with E-state index < -0.39 is 0 Å². The summed E-state index contributed by atoms with van der Waals surface area (Å²) in [6.45, 7) is 1.77. The van der Waals surface area contributed by atoms with Gasteiger partial charge in [0.25, 0.3) is 0 Å². The second-order valence-electron chi connectivity index (χ2n) is 3.99. The van der Waals surface area contributed by atoms with E-state index in [1.54, 1.807) is 18.2 Å². The number of piperidine rings is 1. The van der Waals surface area contributed by atoms with Gasteiger partial charge >= 0.3 is 0 Å². The summed E-state index contributed by atoms with van der Waals surface area (Å²) in [5.41, 5.74) is 0.886. The van der Waals surface area contributed by atoms with Gasteiger partial charge in [-0.15, -0.1) is 0 Å². The fourth-order valence-corrected chi connectivity index (χ4v) is 2.12. The molecule has 0 radical (unpaired) electrons. The quantitative estimate of drug-likeness (QED) is 0.456. The molecule has 0 bridgehead atoms. The van der Waals surface area contributed by atoms with Gasteiger partial charge in [0.05, 0.1) is 5.71 Å². The second kappa shape index (κ2) is 5.07. The molecule has 0 amide bonds. The summed E-state index contributed by atoms with van der Waals surface area (Å²) in [5.74, 6) is -0.183. The molecule has 1 saturated heterocycles. The van der Waals surface area contributed by atoms with Gasteiger partial charge < -0.3 is 10.5 Å². The first-order valence-electron chi connectivity index (χ1n) is 5.50. The molecule has 0 aromatic heterocycles. The number of nitrogens with one attached hydrogen (secondary N) is 1. The summed E-state index contributed by atoms with van der Waals surface area (Å²) in [4.78, 5) is 0. The van der Waals surface area contributed by atoms with E-state index in [1.165, 1.54) is 6.07 Å². The maximum Gasteiger partial charge on any atom is 0.132 e. The molecule has 1 heterocycles. The van der Waals surface area contributed by atoms with Crippen LogP contribution in [0.4, 0.5) is 4.39 Å². The van der Waals surface area contributed by atoms with Crippen molar-refractivity contribution < 1.29 is 9.60 Å². The molecule has 0 saturated carbocycles. The Hall–Kier alpha value is -1.42. The lowest BCUT2D eigenvalue weighted by atomic mass is 9.89. The van der Waals surface area contributed by atoms with Crippen molar-refractivity contribution in [1.29, 1.82) is 0 Å². The predicted octanol–water partition coefficient (Wildman–Crippen LogP) is 2.00. The van der Waals surface area contributed by atoms with Crippen LogP contribution in [0.1, 0.15) is 18.4 Å². The molecule has 1 aromatic rings. The van der Waals surface area contributed by atoms with Crippen LogP contribution in [-0.4, -0.2) is 24.0 Å². The van der Waals surface area contributed by atoms with Crippen LogP contribution in [0.25, 0.3) is 0 Å². The molecule has 16 heavy (non-hydrogen) atoms. The van der Waals surface area contributed by atoms with E-state index in [-0.39, 0.29) is 11.7 Å². The van der Waals surface area contributed by atoms with Crippen LogP contribution in [0.5, 0.6) is 0 Å². The summed E-state index contributed by atoms with van der Waals surface area (Å²) in [5, 5.41) is 15.6. The Morgan fingerprint density at radius 2 is 2.00 bits per heavy atom. The lowest BCUT2D eigenvalue weighted by Crippen LogP contribution is -2.32. The maximum atomic E-state index is 13.6. The van der Waals surface area contributed by atoms with Crippen molar-refractivity contribution in [2.24, 2.45) is 11.1 Å². The van der Waals surface area contributed by atoms with Gasteiger partial charge in [-0.3, -0.25) is 0 Å². The Morgan fingerprint density at radius 3 is 2.62 bits per heavy atom. The molecular weight excluding hydrogens is 207 g/mol. The fraction of sp³-hybridized carbons (Fsp3) is 0.417. The maximum absolute atomic E-state index is 13.6. The van der Waals surface area contributed by atoms with Gasteiger partial charge in [-0.2, -0.15) is 0 Å². The minimum Gasteiger partial charge on any atom is -0.411 e. The number of hydrogen-bond acceptors (Lipinski definition) is 3. The third-order valence-corrected chi connectivity index (χ3v) is 2.98. The average molecular weight is 222 g/mol. The number of nitrogens with zero attached hydrogens (tertiary/aromatic N) is 1. The fourth-order valence-electron chi connectivity index (χ4n) is 2.12. The average Bonchev–Trinajstić information content (AvgIpc) is 2.34. The molecule has 3 nitrogen and oxygen atoms in total. The van der Waals surface area contributed by atoms with Gasteiger partial charge in [0.1, 0.15) is 5.82 Å². The lowest BCUT2D eigenvalue weighted by molar-refractivity contribution is 0.311. The smallest absolute Gasteiger partial charge is 0.132 e. The zero-order valence-corrected chi connectivity index (χ0v) is 8.99. The van der Waals surface area contributed by atoms with Crippen molar-refractivity contribution in [1.82, 2.24) is 5.32 Å². The number of rotatable bonds is 2. The van der Waals surface area contributed by atoms with Gasteiger partial charge in [-0.1, -0.05) is 23.4 Å². The molecule has 0 atom stereocenters. The summed E-state index contributed by atoms with van der Waals surface area (Å²) < 4.78 is 13.6. The molecule has 2 rings (SSSR count). The molecule has 1 aliphatic rings. The molecule has 0 aliphatic carbocycles. The summed E-state index contributed by atoms with van der Waals surface area (Å²) in [6, 6.07) is 6.44. The van der Waals surface area contributed by atoms with Gasteiger partial charge in [-0.25, -0.2) is 4.39 Å². The van der Waals surface area contributed by atoms with Crippen molar-refractivity contribution in [2.45, 2.75) is 12.8 Å². The Kier molecular flexibility index (Phi) is 3.51. The van der Waals surface area contributed by atoms with Crippen molar-refractivity contribution >= 4 is 5.71 Å². The number of halogens is 1. The van der Waals surface area contributed by atoms with Crippen LogP contribution >= 0.6 is 0 Å². The zero-order chi connectivity index (χ0) is 11.4. The molecule has 4 heteroatoms. The first kappa shape index (κ1) is 11.1. The van der Waals surface area contributed by atoms with Crippen molar-refractivity contribution in [3.05, 3.63) is 35.6 Å². The largest absolute Gasteiger partial charge is 0.411 e. The normalized spacial score (nSPS) is 18.7. The number of oxime groups is 1. The van der Waals surface area contributed by atoms with Crippen LogP contribution in [0.3, 0.4) is 0 Å². The molecule has 1 aromatic carbocycles. The summed E-state index contributed by atoms with van der Waals surface area (Å²) in [7, 11) is 0. The topological polar surface area (TPSA) is 44.6 Å². The van der Waals surface area contributed by atoms with Crippen LogP contribution < -0.4 is 5.32 Å². The molecule has 1 fully saturated rings. The van der Waals surface area contributed by atoms with Crippen molar-refractivity contribution in [3.63, 3.8) is 0 Å². The Balaban J connectivity index is 2.26. The molecule has 0 spiro atoms. The zero-order valence-electron chi connectivity index (χ0n) is 8.99. The van der Waals surface area contributed by atoms with E-state index >= 15 is 0 Å². The minimum absolute atomic E-state index is 0.142. The Morgan fingerprint density at radius 1 is 1.31 bits per heavy atom. The van der Waals surface area contributed by atoms with Crippen LogP contribution in [0, 0.1) is 11.7 Å². The summed E-state index contributed by atoms with van der Waals surface area (Å²) in [6.07, 6.45) is 1.77. The van der Waals surface area contributed by atoms with E-state index in [0.29, 0.717) is 11.3 Å². The molecule has 0 unspecified atom stereocenters. The van der Waals surface area contributed by atoms with Crippen LogP contribution in [-0.2, 0) is 0 Å². The highest BCUT2D eigenvalue weighted by molar-refractivity contribution is 6.02. The van der Waals surface area contributed by atoms with Crippen LogP contribution in [0.2, 0.25) is 0 Å². The van der Waals surface area contributed by atoms with E-state index in [0.717, 1.165) is 25.9 Å². The third kappa shape index (κ3) is 2.22. The Bertz CT molecular complexity index is 386. The highest BCUT2D eigenvalue weighted by Crippen LogP contribution is 2.20. The molecule has 86 valence electrons. The highest BCUT2D eigenvalue weighted by Gasteiger charge is 2.22. The minimum atomic E-state index is -0.325. The second-order valence-corrected chi connectivity index (χ2v) is 3.99. The van der Waals surface area contributed by atoms with Gasteiger partial charge in [0.2, 0.25) is 0 Å². The van der Waals surface area contributed by atoms with Crippen molar-refractivity contribution in [2.75, 3.05) is 13.1 Å². The van der Waals surface area contributed by atoms with Gasteiger partial charge in [0.15, 0.2) is 0 Å². The number of hydrogen-bond donors (Lipinski definition) is 2. The Labute approximate surface area is 94.0 Å². The standard InChI is InChI=1S/C12H15FN2O/c13-11-4-2-1-3-10(11)12(15-16)9-5-7-14-8-6-9/h1-4,9,14,16H,5-8H2/b15-12-. The third-order valence-electron chi connectivity index (χ3n) is 2.98. The van der Waals surface area contributed by atoms with Crippen LogP contribution in [0.15, 0.2) is 29.4 Å². The molecule has 1 aliphatic heterocycles. The summed E-state index contributed by atoms with van der Waals surface area (Å²) >= 11 is 0. The SMILES string of the molecule is O/N=C(\c1ccccc1F)C1CCNCC1. The van der Waals surface area contributed by atoms with Gasteiger partial charge in [0, 0.05) is 11.5 Å². The van der Waals surface area contributed by atoms with Crippen molar-refractivity contribution in [3.8, 4) is 0 Å². The van der Waals surface area contributed by atoms with E-state index in [4.69, 9.17) is 5.21 Å². The lowest BCUT2D eigenvalue weighted by Gasteiger charge is -2.23. The van der Waals surface area contributed by atoms with Gasteiger partial charge in [-0.05, 0) is 32.0 Å². The molecule has 2 N–H and O–H groups in total. The highest BCUT2D eigenvalue weighted by atomic mass is 19.1. The molecular formula is C12H15FN2O. The van der Waals surface area contributed by atoms with E-state index in [9.17, 15) is 4.39 Å². The van der Waals surface area contributed by atoms with E-state index in [1.807, 2.05) is 0 Å². The first-order valence-corrected chi connectivity index (χ1v) is 5.50.